The molecule has 2 aromatic rings. The lowest BCUT2D eigenvalue weighted by Gasteiger charge is -2.38. The Bertz CT molecular complexity index is 1140. The maximum Gasteiger partial charge on any atom is 0.251 e. The quantitative estimate of drug-likeness (QED) is 0.686. The number of sulfonamides is 1. The molecular weight excluding hydrogens is 432 g/mol. The first-order valence-electron chi connectivity index (χ1n) is 10.6. The summed E-state index contributed by atoms with van der Waals surface area (Å²) in [6.07, 6.45) is 1.50. The highest BCUT2D eigenvalue weighted by Crippen LogP contribution is 2.40. The molecule has 0 aromatic heterocycles. The van der Waals surface area contributed by atoms with Gasteiger partial charge < -0.3 is 19.5 Å². The van der Waals surface area contributed by atoms with Crippen LogP contribution in [0.2, 0.25) is 0 Å². The zero-order chi connectivity index (χ0) is 22.9. The van der Waals surface area contributed by atoms with E-state index in [1.165, 1.54) is 13.1 Å². The van der Waals surface area contributed by atoms with Crippen LogP contribution in [-0.2, 0) is 20.2 Å². The highest BCUT2D eigenvalue weighted by atomic mass is 32.2. The van der Waals surface area contributed by atoms with Gasteiger partial charge in [-0.3, -0.25) is 4.79 Å². The monoisotopic (exact) mass is 460 g/mol. The van der Waals surface area contributed by atoms with Crippen LogP contribution in [0.1, 0.15) is 39.9 Å². The lowest BCUT2D eigenvalue weighted by Crippen LogP contribution is -2.44. The highest BCUT2D eigenvalue weighted by Gasteiger charge is 2.36. The van der Waals surface area contributed by atoms with Crippen LogP contribution in [0, 0.1) is 13.8 Å². The molecule has 2 heterocycles. The van der Waals surface area contributed by atoms with Crippen molar-refractivity contribution in [2.45, 2.75) is 37.0 Å². The molecule has 32 heavy (non-hydrogen) atoms. The highest BCUT2D eigenvalue weighted by molar-refractivity contribution is 7.89. The lowest BCUT2D eigenvalue weighted by atomic mass is 9.74. The van der Waals surface area contributed by atoms with Crippen molar-refractivity contribution in [2.24, 2.45) is 0 Å². The number of carbonyl (C=O) groups excluding carboxylic acids is 1. The number of ether oxygens (including phenoxy) is 3. The molecule has 1 saturated heterocycles. The van der Waals surface area contributed by atoms with Gasteiger partial charge in [-0.1, -0.05) is 6.07 Å². The van der Waals surface area contributed by atoms with E-state index in [0.717, 1.165) is 24.0 Å². The number of hydrogen-bond donors (Lipinski definition) is 2. The SMILES string of the molecule is CNS(=O)(=O)c1cc(C(=O)NCC2(c3ccc4c(c3)OCO4)CCOCC2)cc(C)c1C. The Morgan fingerprint density at radius 2 is 1.78 bits per heavy atom. The number of hydrogen-bond acceptors (Lipinski definition) is 6. The summed E-state index contributed by atoms with van der Waals surface area (Å²) in [5.41, 5.74) is 2.42. The molecule has 1 amide bonds. The maximum absolute atomic E-state index is 13.1. The lowest BCUT2D eigenvalue weighted by molar-refractivity contribution is 0.0486. The molecule has 8 nitrogen and oxygen atoms in total. The fourth-order valence-corrected chi connectivity index (χ4v) is 5.32. The third-order valence-electron chi connectivity index (χ3n) is 6.46. The van der Waals surface area contributed by atoms with Gasteiger partial charge in [-0.15, -0.1) is 0 Å². The van der Waals surface area contributed by atoms with E-state index in [4.69, 9.17) is 14.2 Å². The van der Waals surface area contributed by atoms with Crippen molar-refractivity contribution in [2.75, 3.05) is 33.6 Å². The zero-order valence-electron chi connectivity index (χ0n) is 18.5. The number of nitrogens with one attached hydrogen (secondary N) is 2. The van der Waals surface area contributed by atoms with Crippen LogP contribution in [0.15, 0.2) is 35.2 Å². The van der Waals surface area contributed by atoms with Crippen LogP contribution >= 0.6 is 0 Å². The number of aryl methyl sites for hydroxylation is 1. The Morgan fingerprint density at radius 1 is 1.06 bits per heavy atom. The van der Waals surface area contributed by atoms with Crippen molar-refractivity contribution in [3.63, 3.8) is 0 Å². The van der Waals surface area contributed by atoms with E-state index in [0.29, 0.717) is 42.4 Å². The van der Waals surface area contributed by atoms with Crippen LogP contribution < -0.4 is 19.5 Å². The average molecular weight is 461 g/mol. The van der Waals surface area contributed by atoms with Gasteiger partial charge in [-0.2, -0.15) is 0 Å². The van der Waals surface area contributed by atoms with E-state index >= 15 is 0 Å². The predicted octanol–water partition coefficient (Wildman–Crippen LogP) is 2.42. The number of fused-ring (bicyclic) bond motifs is 1. The predicted molar refractivity (Wildman–Crippen MR) is 119 cm³/mol. The Hall–Kier alpha value is -2.62. The summed E-state index contributed by atoms with van der Waals surface area (Å²) in [4.78, 5) is 13.2. The second-order valence-electron chi connectivity index (χ2n) is 8.27. The zero-order valence-corrected chi connectivity index (χ0v) is 19.3. The van der Waals surface area contributed by atoms with Gasteiger partial charge in [0.25, 0.3) is 5.91 Å². The maximum atomic E-state index is 13.1. The fourth-order valence-electron chi connectivity index (χ4n) is 4.25. The molecule has 2 N–H and O–H groups in total. The summed E-state index contributed by atoms with van der Waals surface area (Å²) >= 11 is 0. The molecule has 0 atom stereocenters. The molecule has 1 fully saturated rings. The van der Waals surface area contributed by atoms with E-state index in [2.05, 4.69) is 10.0 Å². The average Bonchev–Trinajstić information content (AvgIpc) is 3.27. The largest absolute Gasteiger partial charge is 0.454 e. The summed E-state index contributed by atoms with van der Waals surface area (Å²) in [5.74, 6) is 1.11. The van der Waals surface area contributed by atoms with Gasteiger partial charge >= 0.3 is 0 Å². The third kappa shape index (κ3) is 4.20. The van der Waals surface area contributed by atoms with Crippen molar-refractivity contribution < 1.29 is 27.4 Å². The number of benzene rings is 2. The van der Waals surface area contributed by atoms with Gasteiger partial charge in [0.05, 0.1) is 4.90 Å². The van der Waals surface area contributed by atoms with E-state index < -0.39 is 10.0 Å². The topological polar surface area (TPSA) is 103 Å². The Kier molecular flexibility index (Phi) is 6.15. The van der Waals surface area contributed by atoms with Gasteiger partial charge in [0.1, 0.15) is 0 Å². The van der Waals surface area contributed by atoms with Crippen molar-refractivity contribution in [1.82, 2.24) is 10.0 Å². The van der Waals surface area contributed by atoms with Gasteiger partial charge in [0, 0.05) is 30.7 Å². The summed E-state index contributed by atoms with van der Waals surface area (Å²) in [5, 5.41) is 3.04. The Labute approximate surface area is 188 Å². The van der Waals surface area contributed by atoms with E-state index in [1.54, 1.807) is 19.9 Å². The van der Waals surface area contributed by atoms with Gasteiger partial charge in [0.15, 0.2) is 11.5 Å². The summed E-state index contributed by atoms with van der Waals surface area (Å²) in [6, 6.07) is 9.04. The summed E-state index contributed by atoms with van der Waals surface area (Å²) < 4.78 is 43.7. The number of amides is 1. The molecule has 0 spiro atoms. The van der Waals surface area contributed by atoms with Gasteiger partial charge in [-0.25, -0.2) is 13.1 Å². The summed E-state index contributed by atoms with van der Waals surface area (Å²) in [6.45, 7) is 5.33. The molecule has 9 heteroatoms. The Morgan fingerprint density at radius 3 is 2.50 bits per heavy atom. The third-order valence-corrected chi connectivity index (χ3v) is 8.00. The molecule has 4 rings (SSSR count). The molecule has 0 unspecified atom stereocenters. The molecule has 0 bridgehead atoms. The van der Waals surface area contributed by atoms with Crippen LogP contribution in [0.5, 0.6) is 11.5 Å². The normalized spacial score (nSPS) is 17.2. The standard InChI is InChI=1S/C23H28N2O6S/c1-15-10-17(11-21(16(15)2)32(27,28)24-3)22(26)25-13-23(6-8-29-9-7-23)18-4-5-19-20(12-18)31-14-30-19/h4-5,10-12,24H,6-9,13-14H2,1-3H3,(H,25,26). The Balaban J connectivity index is 1.60. The van der Waals surface area contributed by atoms with Crippen molar-refractivity contribution in [1.29, 1.82) is 0 Å². The van der Waals surface area contributed by atoms with E-state index in [-0.39, 0.29) is 23.0 Å². The van der Waals surface area contributed by atoms with Crippen molar-refractivity contribution >= 4 is 15.9 Å². The molecule has 2 aromatic carbocycles. The number of rotatable bonds is 6. The molecule has 2 aliphatic rings. The van der Waals surface area contributed by atoms with Crippen LogP contribution in [0.4, 0.5) is 0 Å². The van der Waals surface area contributed by atoms with Crippen LogP contribution in [0.3, 0.4) is 0 Å². The minimum Gasteiger partial charge on any atom is -0.454 e. The molecule has 0 aliphatic carbocycles. The van der Waals surface area contributed by atoms with Gasteiger partial charge in [0.2, 0.25) is 16.8 Å². The van der Waals surface area contributed by atoms with Crippen LogP contribution in [-0.4, -0.2) is 47.9 Å². The minimum atomic E-state index is -3.68. The first kappa shape index (κ1) is 22.6. The van der Waals surface area contributed by atoms with E-state index in [1.807, 2.05) is 18.2 Å². The molecule has 0 radical (unpaired) electrons. The molecular formula is C23H28N2O6S. The second-order valence-corrected chi connectivity index (χ2v) is 10.1. The number of carbonyl (C=O) groups is 1. The minimum absolute atomic E-state index is 0.113. The van der Waals surface area contributed by atoms with Gasteiger partial charge in [-0.05, 0) is 74.7 Å². The smallest absolute Gasteiger partial charge is 0.251 e. The van der Waals surface area contributed by atoms with Crippen molar-refractivity contribution in [3.05, 3.63) is 52.6 Å². The fraction of sp³-hybridized carbons (Fsp3) is 0.435. The molecule has 172 valence electrons. The second kappa shape index (κ2) is 8.73. The molecule has 0 saturated carbocycles. The van der Waals surface area contributed by atoms with Crippen LogP contribution in [0.25, 0.3) is 0 Å². The molecule has 2 aliphatic heterocycles. The first-order chi connectivity index (χ1) is 15.3. The van der Waals surface area contributed by atoms with E-state index in [9.17, 15) is 13.2 Å². The first-order valence-corrected chi connectivity index (χ1v) is 12.0. The summed E-state index contributed by atoms with van der Waals surface area (Å²) in [7, 11) is -2.32. The van der Waals surface area contributed by atoms with Crippen molar-refractivity contribution in [3.8, 4) is 11.5 Å².